The molecule has 0 saturated carbocycles. The normalized spacial score (nSPS) is 14.7. The SMILES string of the molecule is COc1c(NC(=O)c2ccc(Cl)c(Oc3ccnc(NC4CCN(C)CC4)n3)c2)cc(C(C)(C)C)cc1NS(C)(=O)=O. The largest absolute Gasteiger partial charge is 0.492 e. The molecule has 3 N–H and O–H groups in total. The Morgan fingerprint density at radius 2 is 1.79 bits per heavy atom. The molecule has 226 valence electrons. The Labute approximate surface area is 252 Å². The molecule has 1 amide bonds. The van der Waals surface area contributed by atoms with Gasteiger partial charge in [-0.05, 0) is 74.3 Å². The van der Waals surface area contributed by atoms with Crippen molar-refractivity contribution in [2.45, 2.75) is 45.1 Å². The van der Waals surface area contributed by atoms with Crippen molar-refractivity contribution in [2.75, 3.05) is 48.9 Å². The molecule has 0 atom stereocenters. The van der Waals surface area contributed by atoms with Gasteiger partial charge in [0.25, 0.3) is 5.91 Å². The third-order valence-corrected chi connectivity index (χ3v) is 7.70. The minimum Gasteiger partial charge on any atom is -0.492 e. The number of sulfonamides is 1. The number of piperidine rings is 1. The molecule has 0 spiro atoms. The monoisotopic (exact) mass is 616 g/mol. The van der Waals surface area contributed by atoms with Crippen LogP contribution in [0.2, 0.25) is 5.02 Å². The highest BCUT2D eigenvalue weighted by atomic mass is 35.5. The second kappa shape index (κ2) is 12.7. The molecule has 11 nitrogen and oxygen atoms in total. The Bertz CT molecular complexity index is 1550. The molecule has 1 fully saturated rings. The number of anilines is 3. The van der Waals surface area contributed by atoms with Crippen LogP contribution in [0.4, 0.5) is 17.3 Å². The quantitative estimate of drug-likeness (QED) is 0.290. The Hall–Kier alpha value is -3.61. The first-order valence-corrected chi connectivity index (χ1v) is 15.8. The van der Waals surface area contributed by atoms with Crippen LogP contribution in [-0.4, -0.2) is 68.7 Å². The lowest BCUT2D eigenvalue weighted by molar-refractivity contribution is 0.102. The number of benzene rings is 2. The molecule has 4 rings (SSSR count). The number of methoxy groups -OCH3 is 1. The summed E-state index contributed by atoms with van der Waals surface area (Å²) in [5.74, 6) is 0.673. The molecule has 0 bridgehead atoms. The highest BCUT2D eigenvalue weighted by Crippen LogP contribution is 2.39. The molecule has 2 heterocycles. The standard InChI is InChI=1S/C29H37ClN6O5S/c1-29(2,3)19-16-22(26(40-5)23(17-19)35-42(6,38)39)33-27(37)18-7-8-21(30)24(15-18)41-25-9-12-31-28(34-25)32-20-10-13-36(4)14-11-20/h7-9,12,15-17,20,35H,10-11,13-14H2,1-6H3,(H,33,37)(H,31,32,34). The maximum absolute atomic E-state index is 13.4. The van der Waals surface area contributed by atoms with Crippen LogP contribution in [-0.2, 0) is 15.4 Å². The van der Waals surface area contributed by atoms with E-state index in [-0.39, 0.29) is 40.1 Å². The minimum atomic E-state index is -3.61. The van der Waals surface area contributed by atoms with Gasteiger partial charge in [-0.25, -0.2) is 13.4 Å². The van der Waals surface area contributed by atoms with Crippen molar-refractivity contribution in [3.63, 3.8) is 0 Å². The molecule has 1 aliphatic heterocycles. The van der Waals surface area contributed by atoms with E-state index in [0.29, 0.717) is 16.7 Å². The van der Waals surface area contributed by atoms with Crippen LogP contribution in [0.25, 0.3) is 0 Å². The summed E-state index contributed by atoms with van der Waals surface area (Å²) in [7, 11) is -0.107. The van der Waals surface area contributed by atoms with Gasteiger partial charge in [0.1, 0.15) is 5.75 Å². The van der Waals surface area contributed by atoms with Gasteiger partial charge in [0.2, 0.25) is 21.9 Å². The third-order valence-electron chi connectivity index (χ3n) is 6.79. The fraction of sp³-hybridized carbons (Fsp3) is 0.414. The lowest BCUT2D eigenvalue weighted by atomic mass is 9.86. The van der Waals surface area contributed by atoms with Crippen molar-refractivity contribution in [3.8, 4) is 17.4 Å². The summed E-state index contributed by atoms with van der Waals surface area (Å²) >= 11 is 6.42. The number of rotatable bonds is 9. The highest BCUT2D eigenvalue weighted by molar-refractivity contribution is 7.92. The highest BCUT2D eigenvalue weighted by Gasteiger charge is 2.23. The van der Waals surface area contributed by atoms with E-state index in [9.17, 15) is 13.2 Å². The van der Waals surface area contributed by atoms with E-state index in [1.54, 1.807) is 36.5 Å². The lowest BCUT2D eigenvalue weighted by Gasteiger charge is -2.29. The van der Waals surface area contributed by atoms with Gasteiger partial charge in [-0.3, -0.25) is 9.52 Å². The number of carbonyl (C=O) groups excluding carboxylic acids is 1. The van der Waals surface area contributed by atoms with Crippen LogP contribution >= 0.6 is 11.6 Å². The van der Waals surface area contributed by atoms with E-state index in [1.807, 2.05) is 20.8 Å². The number of carbonyl (C=O) groups is 1. The molecular formula is C29H37ClN6O5S. The second-order valence-corrected chi connectivity index (χ2v) is 13.5. The fourth-order valence-corrected chi connectivity index (χ4v) is 5.19. The first-order valence-electron chi connectivity index (χ1n) is 13.5. The maximum atomic E-state index is 13.4. The zero-order chi connectivity index (χ0) is 30.7. The summed E-state index contributed by atoms with van der Waals surface area (Å²) in [6, 6.07) is 9.98. The number of nitrogens with one attached hydrogen (secondary N) is 3. The van der Waals surface area contributed by atoms with Crippen LogP contribution in [0.3, 0.4) is 0 Å². The van der Waals surface area contributed by atoms with Crippen molar-refractivity contribution >= 4 is 44.9 Å². The smallest absolute Gasteiger partial charge is 0.255 e. The van der Waals surface area contributed by atoms with E-state index < -0.39 is 15.9 Å². The minimum absolute atomic E-state index is 0.179. The van der Waals surface area contributed by atoms with Crippen LogP contribution in [0.15, 0.2) is 42.6 Å². The summed E-state index contributed by atoms with van der Waals surface area (Å²) in [4.78, 5) is 24.5. The summed E-state index contributed by atoms with van der Waals surface area (Å²) in [5, 5.41) is 6.50. The number of likely N-dealkylation sites (tertiary alicyclic amines) is 1. The summed E-state index contributed by atoms with van der Waals surface area (Å²) in [6.45, 7) is 7.94. The van der Waals surface area contributed by atoms with Crippen molar-refractivity contribution in [2.24, 2.45) is 0 Å². The molecule has 1 aromatic heterocycles. The molecule has 1 saturated heterocycles. The zero-order valence-corrected chi connectivity index (χ0v) is 26.2. The van der Waals surface area contributed by atoms with Gasteiger partial charge in [-0.2, -0.15) is 4.98 Å². The zero-order valence-electron chi connectivity index (χ0n) is 24.6. The Morgan fingerprint density at radius 3 is 2.43 bits per heavy atom. The second-order valence-electron chi connectivity index (χ2n) is 11.4. The van der Waals surface area contributed by atoms with Gasteiger partial charge < -0.3 is 25.0 Å². The third kappa shape index (κ3) is 8.24. The van der Waals surface area contributed by atoms with E-state index in [1.165, 1.54) is 13.2 Å². The van der Waals surface area contributed by atoms with Gasteiger partial charge in [-0.15, -0.1) is 0 Å². The summed E-state index contributed by atoms with van der Waals surface area (Å²) in [5.41, 5.74) is 1.22. The number of aromatic nitrogens is 2. The summed E-state index contributed by atoms with van der Waals surface area (Å²) < 4.78 is 38.0. The Kier molecular flexibility index (Phi) is 9.49. The molecule has 2 aromatic carbocycles. The number of hydrogen-bond donors (Lipinski definition) is 3. The van der Waals surface area contributed by atoms with Gasteiger partial charge in [0, 0.05) is 23.9 Å². The lowest BCUT2D eigenvalue weighted by Crippen LogP contribution is -2.37. The molecular weight excluding hydrogens is 580 g/mol. The molecule has 3 aromatic rings. The summed E-state index contributed by atoms with van der Waals surface area (Å²) in [6.07, 6.45) is 4.63. The Morgan fingerprint density at radius 1 is 1.10 bits per heavy atom. The van der Waals surface area contributed by atoms with Crippen molar-refractivity contribution in [1.82, 2.24) is 14.9 Å². The molecule has 13 heteroatoms. The first kappa shape index (κ1) is 31.3. The first-order chi connectivity index (χ1) is 19.7. The van der Waals surface area contributed by atoms with Gasteiger partial charge in [0.05, 0.1) is 29.8 Å². The number of amides is 1. The van der Waals surface area contributed by atoms with E-state index in [2.05, 4.69) is 37.3 Å². The average molecular weight is 617 g/mol. The van der Waals surface area contributed by atoms with Gasteiger partial charge in [-0.1, -0.05) is 32.4 Å². The van der Waals surface area contributed by atoms with Crippen LogP contribution in [0.5, 0.6) is 17.4 Å². The van der Waals surface area contributed by atoms with Crippen molar-refractivity contribution in [3.05, 3.63) is 58.7 Å². The van der Waals surface area contributed by atoms with E-state index >= 15 is 0 Å². The van der Waals surface area contributed by atoms with Crippen molar-refractivity contribution < 1.29 is 22.7 Å². The van der Waals surface area contributed by atoms with Crippen molar-refractivity contribution in [1.29, 1.82) is 0 Å². The van der Waals surface area contributed by atoms with E-state index in [0.717, 1.165) is 37.8 Å². The fourth-order valence-electron chi connectivity index (χ4n) is 4.48. The number of hydrogen-bond acceptors (Lipinski definition) is 9. The predicted molar refractivity (Wildman–Crippen MR) is 166 cm³/mol. The van der Waals surface area contributed by atoms with E-state index in [4.69, 9.17) is 21.1 Å². The average Bonchev–Trinajstić information content (AvgIpc) is 2.90. The van der Waals surface area contributed by atoms with Crippen LogP contribution < -0.4 is 24.8 Å². The van der Waals surface area contributed by atoms with Gasteiger partial charge in [0.15, 0.2) is 5.75 Å². The molecule has 0 aliphatic carbocycles. The van der Waals surface area contributed by atoms with Crippen LogP contribution in [0.1, 0.15) is 49.5 Å². The topological polar surface area (TPSA) is 135 Å². The number of nitrogens with zero attached hydrogens (tertiary/aromatic N) is 3. The molecule has 1 aliphatic rings. The molecule has 0 radical (unpaired) electrons. The number of halogens is 1. The molecule has 0 unspecified atom stereocenters. The van der Waals surface area contributed by atoms with Crippen LogP contribution in [0, 0.1) is 0 Å². The predicted octanol–water partition coefficient (Wildman–Crippen LogP) is 5.36. The molecule has 42 heavy (non-hydrogen) atoms. The number of ether oxygens (including phenoxy) is 2. The van der Waals surface area contributed by atoms with Gasteiger partial charge >= 0.3 is 0 Å². The maximum Gasteiger partial charge on any atom is 0.255 e. The Balaban J connectivity index is 1.57.